The molecule has 0 saturated carbocycles. The molecule has 0 unspecified atom stereocenters. The minimum Gasteiger partial charge on any atom is -0.357 e. The number of halogens is 3. The SMILES string of the molecule is CCNC(=NCc1nc(C)c(C)s1)NCC1CCN(S(=O)(=O)C(F)(F)F)CC1. The van der Waals surface area contributed by atoms with E-state index in [1.165, 1.54) is 0 Å². The second-order valence-corrected chi connectivity index (χ2v) is 9.84. The number of aliphatic imine (C=N–C) groups is 1. The molecule has 0 radical (unpaired) electrons. The fraction of sp³-hybridized carbons (Fsp3) is 0.750. The van der Waals surface area contributed by atoms with Crippen molar-refractivity contribution in [1.82, 2.24) is 19.9 Å². The first-order valence-electron chi connectivity index (χ1n) is 9.06. The summed E-state index contributed by atoms with van der Waals surface area (Å²) < 4.78 is 61.4. The highest BCUT2D eigenvalue weighted by molar-refractivity contribution is 7.90. The van der Waals surface area contributed by atoms with E-state index in [-0.39, 0.29) is 19.0 Å². The zero-order valence-corrected chi connectivity index (χ0v) is 17.8. The molecule has 0 bridgehead atoms. The van der Waals surface area contributed by atoms with Crippen LogP contribution in [0.25, 0.3) is 0 Å². The number of guanidine groups is 1. The fourth-order valence-corrected chi connectivity index (χ4v) is 4.68. The van der Waals surface area contributed by atoms with Gasteiger partial charge in [0.2, 0.25) is 0 Å². The van der Waals surface area contributed by atoms with Crippen molar-refractivity contribution in [1.29, 1.82) is 0 Å². The van der Waals surface area contributed by atoms with E-state index in [1.807, 2.05) is 20.8 Å². The van der Waals surface area contributed by atoms with Gasteiger partial charge in [-0.25, -0.2) is 18.4 Å². The van der Waals surface area contributed by atoms with Crippen molar-refractivity contribution >= 4 is 27.3 Å². The van der Waals surface area contributed by atoms with Crippen molar-refractivity contribution in [2.75, 3.05) is 26.2 Å². The molecular weight excluding hydrogens is 415 g/mol. The minimum atomic E-state index is -5.24. The van der Waals surface area contributed by atoms with Gasteiger partial charge in [-0.05, 0) is 39.5 Å². The number of alkyl halides is 3. The Labute approximate surface area is 167 Å². The Morgan fingerprint density at radius 3 is 2.43 bits per heavy atom. The molecule has 1 fully saturated rings. The van der Waals surface area contributed by atoms with Crippen molar-refractivity contribution in [2.45, 2.75) is 45.7 Å². The molecule has 1 aliphatic heterocycles. The summed E-state index contributed by atoms with van der Waals surface area (Å²) in [4.78, 5) is 10.1. The number of hydrogen-bond donors (Lipinski definition) is 2. The van der Waals surface area contributed by atoms with Crippen molar-refractivity contribution < 1.29 is 21.6 Å². The summed E-state index contributed by atoms with van der Waals surface area (Å²) in [5, 5.41) is 7.23. The van der Waals surface area contributed by atoms with Gasteiger partial charge in [-0.15, -0.1) is 11.3 Å². The van der Waals surface area contributed by atoms with Gasteiger partial charge in [0.1, 0.15) is 5.01 Å². The van der Waals surface area contributed by atoms with Crippen LogP contribution in [0.15, 0.2) is 4.99 Å². The van der Waals surface area contributed by atoms with Crippen LogP contribution in [0.5, 0.6) is 0 Å². The molecule has 1 saturated heterocycles. The number of thiazole rings is 1. The summed E-state index contributed by atoms with van der Waals surface area (Å²) in [6, 6.07) is 0. The number of sulfonamides is 1. The van der Waals surface area contributed by atoms with E-state index < -0.39 is 15.5 Å². The van der Waals surface area contributed by atoms with Crippen molar-refractivity contribution in [3.8, 4) is 0 Å². The second-order valence-electron chi connectivity index (χ2n) is 6.62. The van der Waals surface area contributed by atoms with Crippen LogP contribution >= 0.6 is 11.3 Å². The molecule has 1 aromatic rings. The normalized spacial score (nSPS) is 17.7. The molecule has 7 nitrogen and oxygen atoms in total. The summed E-state index contributed by atoms with van der Waals surface area (Å²) in [6.07, 6.45) is 0.735. The van der Waals surface area contributed by atoms with Crippen LogP contribution in [-0.4, -0.2) is 55.4 Å². The van der Waals surface area contributed by atoms with Gasteiger partial charge in [0, 0.05) is 31.1 Å². The minimum absolute atomic E-state index is 0.0768. The fourth-order valence-electron chi connectivity index (χ4n) is 2.84. The van der Waals surface area contributed by atoms with Gasteiger partial charge in [0.25, 0.3) is 0 Å². The van der Waals surface area contributed by atoms with E-state index in [4.69, 9.17) is 0 Å². The van der Waals surface area contributed by atoms with E-state index in [0.717, 1.165) is 15.6 Å². The summed E-state index contributed by atoms with van der Waals surface area (Å²) >= 11 is 1.60. The van der Waals surface area contributed by atoms with Crippen LogP contribution < -0.4 is 10.6 Å². The van der Waals surface area contributed by atoms with Crippen LogP contribution in [0.1, 0.15) is 35.3 Å². The molecule has 2 rings (SSSR count). The Morgan fingerprint density at radius 1 is 1.29 bits per heavy atom. The maximum atomic E-state index is 12.6. The zero-order chi connectivity index (χ0) is 20.9. The van der Waals surface area contributed by atoms with Crippen molar-refractivity contribution in [3.63, 3.8) is 0 Å². The predicted molar refractivity (Wildman–Crippen MR) is 104 cm³/mol. The molecule has 28 heavy (non-hydrogen) atoms. The number of rotatable bonds is 6. The van der Waals surface area contributed by atoms with Crippen LogP contribution in [-0.2, 0) is 16.6 Å². The first-order valence-corrected chi connectivity index (χ1v) is 11.3. The lowest BCUT2D eigenvalue weighted by Crippen LogP contribution is -2.47. The standard InChI is InChI=1S/C16H26F3N5O2S2/c1-4-20-15(22-10-14-23-11(2)12(3)27-14)21-9-13-5-7-24(8-6-13)28(25,26)16(17,18)19/h13H,4-10H2,1-3H3,(H2,20,21,22). The van der Waals surface area contributed by atoms with Crippen molar-refractivity contribution in [2.24, 2.45) is 10.9 Å². The maximum absolute atomic E-state index is 12.6. The van der Waals surface area contributed by atoms with Crippen LogP contribution in [0.4, 0.5) is 13.2 Å². The van der Waals surface area contributed by atoms with Gasteiger partial charge in [-0.2, -0.15) is 17.5 Å². The average Bonchev–Trinajstić information content (AvgIpc) is 2.94. The Bertz CT molecular complexity index is 765. The Hall–Kier alpha value is -1.40. The first kappa shape index (κ1) is 22.9. The van der Waals surface area contributed by atoms with Crippen LogP contribution in [0, 0.1) is 19.8 Å². The van der Waals surface area contributed by atoms with Gasteiger partial charge in [-0.3, -0.25) is 0 Å². The Balaban J connectivity index is 1.87. The van der Waals surface area contributed by atoms with E-state index in [2.05, 4.69) is 20.6 Å². The molecule has 1 aromatic heterocycles. The first-order chi connectivity index (χ1) is 13.0. The predicted octanol–water partition coefficient (Wildman–Crippen LogP) is 2.38. The number of hydrogen-bond acceptors (Lipinski definition) is 5. The van der Waals surface area contributed by atoms with Crippen molar-refractivity contribution in [3.05, 3.63) is 15.6 Å². The molecule has 160 valence electrons. The van der Waals surface area contributed by atoms with Crippen LogP contribution in [0.2, 0.25) is 0 Å². The van der Waals surface area contributed by atoms with E-state index in [1.54, 1.807) is 11.3 Å². The molecule has 0 spiro atoms. The van der Waals surface area contributed by atoms with Crippen LogP contribution in [0.3, 0.4) is 0 Å². The molecule has 12 heteroatoms. The Kier molecular flexibility index (Phi) is 7.68. The molecule has 0 atom stereocenters. The largest absolute Gasteiger partial charge is 0.511 e. The number of nitrogens with zero attached hydrogens (tertiary/aromatic N) is 3. The number of aryl methyl sites for hydroxylation is 2. The monoisotopic (exact) mass is 441 g/mol. The summed E-state index contributed by atoms with van der Waals surface area (Å²) in [6.45, 7) is 7.28. The molecule has 2 heterocycles. The molecule has 1 aliphatic rings. The molecule has 0 aromatic carbocycles. The van der Waals surface area contributed by atoms with E-state index in [0.29, 0.717) is 42.7 Å². The highest BCUT2D eigenvalue weighted by Gasteiger charge is 2.50. The number of aromatic nitrogens is 1. The lowest BCUT2D eigenvalue weighted by molar-refractivity contribution is -0.0496. The second kappa shape index (κ2) is 9.40. The topological polar surface area (TPSA) is 86.7 Å². The average molecular weight is 442 g/mol. The highest BCUT2D eigenvalue weighted by Crippen LogP contribution is 2.30. The quantitative estimate of drug-likeness (QED) is 0.523. The van der Waals surface area contributed by atoms with Gasteiger partial charge in [0.05, 0.1) is 12.2 Å². The molecule has 0 aliphatic carbocycles. The summed E-state index contributed by atoms with van der Waals surface area (Å²) in [5.41, 5.74) is -4.25. The van der Waals surface area contributed by atoms with Gasteiger partial charge >= 0.3 is 15.5 Å². The third-order valence-electron chi connectivity index (χ3n) is 4.55. The maximum Gasteiger partial charge on any atom is 0.511 e. The smallest absolute Gasteiger partial charge is 0.357 e. The van der Waals surface area contributed by atoms with Gasteiger partial charge in [0.15, 0.2) is 5.96 Å². The Morgan fingerprint density at radius 2 is 1.93 bits per heavy atom. The number of piperidine rings is 1. The lowest BCUT2D eigenvalue weighted by atomic mass is 9.98. The summed E-state index contributed by atoms with van der Waals surface area (Å²) in [5.74, 6) is 0.686. The number of nitrogens with one attached hydrogen (secondary N) is 2. The third kappa shape index (κ3) is 5.80. The zero-order valence-electron chi connectivity index (χ0n) is 16.1. The lowest BCUT2D eigenvalue weighted by Gasteiger charge is -2.31. The molecule has 0 amide bonds. The molecular formula is C16H26F3N5O2S2. The van der Waals surface area contributed by atoms with Gasteiger partial charge < -0.3 is 10.6 Å². The highest BCUT2D eigenvalue weighted by atomic mass is 32.2. The third-order valence-corrected chi connectivity index (χ3v) is 7.24. The van der Waals surface area contributed by atoms with Gasteiger partial charge in [-0.1, -0.05) is 0 Å². The molecule has 2 N–H and O–H groups in total. The van der Waals surface area contributed by atoms with E-state index >= 15 is 0 Å². The van der Waals surface area contributed by atoms with E-state index in [9.17, 15) is 21.6 Å². The summed E-state index contributed by atoms with van der Waals surface area (Å²) in [7, 11) is -5.23.